The molecule has 17 heavy (non-hydrogen) atoms. The molecule has 1 aliphatic heterocycles. The zero-order valence-electron chi connectivity index (χ0n) is 10.3. The molecule has 1 heterocycles. The van der Waals surface area contributed by atoms with Crippen LogP contribution in [0.2, 0.25) is 5.02 Å². The molecule has 4 heteroatoms. The van der Waals surface area contributed by atoms with E-state index in [0.717, 1.165) is 43.3 Å². The number of piperazine rings is 1. The Hall–Kier alpha value is -0.770. The number of likely N-dealkylation sites (N-methyl/N-ethyl adjacent to an activating group) is 1. The Morgan fingerprint density at radius 3 is 2.47 bits per heavy atom. The highest BCUT2D eigenvalue weighted by Crippen LogP contribution is 2.24. The van der Waals surface area contributed by atoms with Crippen LogP contribution in [0.4, 0.5) is 5.69 Å². The molecule has 94 valence electrons. The van der Waals surface area contributed by atoms with Crippen molar-refractivity contribution in [2.24, 2.45) is 5.73 Å². The van der Waals surface area contributed by atoms with Crippen LogP contribution >= 0.6 is 11.6 Å². The first-order valence-corrected chi connectivity index (χ1v) is 6.58. The topological polar surface area (TPSA) is 32.5 Å². The van der Waals surface area contributed by atoms with Gasteiger partial charge in [0.25, 0.3) is 0 Å². The summed E-state index contributed by atoms with van der Waals surface area (Å²) >= 11 is 6.19. The second-order valence-electron chi connectivity index (χ2n) is 4.40. The minimum Gasteiger partial charge on any atom is -0.369 e. The van der Waals surface area contributed by atoms with Crippen LogP contribution in [0.1, 0.15) is 12.5 Å². The van der Waals surface area contributed by atoms with Gasteiger partial charge in [0.1, 0.15) is 0 Å². The Bertz CT molecular complexity index is 373. The van der Waals surface area contributed by atoms with Gasteiger partial charge in [-0.2, -0.15) is 0 Å². The van der Waals surface area contributed by atoms with Crippen molar-refractivity contribution in [2.45, 2.75) is 13.5 Å². The minimum absolute atomic E-state index is 0.503. The zero-order chi connectivity index (χ0) is 12.3. The monoisotopic (exact) mass is 253 g/mol. The molecule has 0 saturated carbocycles. The molecule has 1 aliphatic rings. The Balaban J connectivity index is 2.06. The smallest absolute Gasteiger partial charge is 0.0471 e. The summed E-state index contributed by atoms with van der Waals surface area (Å²) in [7, 11) is 0. The zero-order valence-corrected chi connectivity index (χ0v) is 11.1. The van der Waals surface area contributed by atoms with Crippen molar-refractivity contribution >= 4 is 17.3 Å². The summed E-state index contributed by atoms with van der Waals surface area (Å²) < 4.78 is 0. The van der Waals surface area contributed by atoms with Crippen LogP contribution in [-0.4, -0.2) is 37.6 Å². The van der Waals surface area contributed by atoms with E-state index in [1.54, 1.807) is 0 Å². The van der Waals surface area contributed by atoms with Crippen LogP contribution < -0.4 is 10.6 Å². The maximum absolute atomic E-state index is 6.19. The summed E-state index contributed by atoms with van der Waals surface area (Å²) in [4.78, 5) is 4.85. The highest BCUT2D eigenvalue weighted by Gasteiger charge is 2.16. The molecule has 0 unspecified atom stereocenters. The van der Waals surface area contributed by atoms with Gasteiger partial charge in [-0.15, -0.1) is 0 Å². The maximum Gasteiger partial charge on any atom is 0.0471 e. The van der Waals surface area contributed by atoms with E-state index in [1.165, 1.54) is 5.69 Å². The molecule has 0 spiro atoms. The summed E-state index contributed by atoms with van der Waals surface area (Å²) in [6.45, 7) is 8.27. The lowest BCUT2D eigenvalue weighted by atomic mass is 10.2. The Morgan fingerprint density at radius 2 is 1.94 bits per heavy atom. The van der Waals surface area contributed by atoms with E-state index in [2.05, 4.69) is 22.8 Å². The van der Waals surface area contributed by atoms with Crippen molar-refractivity contribution in [3.05, 3.63) is 28.8 Å². The molecule has 1 aromatic carbocycles. The SMILES string of the molecule is CCN1CCN(c2ccc(CN)c(Cl)c2)CC1. The Kier molecular flexibility index (Phi) is 4.26. The number of nitrogens with zero attached hydrogens (tertiary/aromatic N) is 2. The first-order valence-electron chi connectivity index (χ1n) is 6.20. The highest BCUT2D eigenvalue weighted by molar-refractivity contribution is 6.31. The third kappa shape index (κ3) is 2.92. The van der Waals surface area contributed by atoms with E-state index < -0.39 is 0 Å². The first kappa shape index (κ1) is 12.7. The predicted octanol–water partition coefficient (Wildman–Crippen LogP) is 1.94. The van der Waals surface area contributed by atoms with E-state index in [9.17, 15) is 0 Å². The fourth-order valence-corrected chi connectivity index (χ4v) is 2.47. The van der Waals surface area contributed by atoms with Gasteiger partial charge in [0, 0.05) is 43.4 Å². The summed E-state index contributed by atoms with van der Waals surface area (Å²) in [5.41, 5.74) is 7.84. The number of rotatable bonds is 3. The van der Waals surface area contributed by atoms with Gasteiger partial charge >= 0.3 is 0 Å². The van der Waals surface area contributed by atoms with Crippen LogP contribution in [0.3, 0.4) is 0 Å². The van der Waals surface area contributed by atoms with Crippen molar-refractivity contribution in [1.29, 1.82) is 0 Å². The molecule has 0 bridgehead atoms. The van der Waals surface area contributed by atoms with E-state index in [1.807, 2.05) is 12.1 Å². The Morgan fingerprint density at radius 1 is 1.24 bits per heavy atom. The summed E-state index contributed by atoms with van der Waals surface area (Å²) in [5.74, 6) is 0. The van der Waals surface area contributed by atoms with E-state index in [-0.39, 0.29) is 0 Å². The average Bonchev–Trinajstić information content (AvgIpc) is 2.39. The van der Waals surface area contributed by atoms with Crippen molar-refractivity contribution in [3.8, 4) is 0 Å². The van der Waals surface area contributed by atoms with Crippen molar-refractivity contribution in [2.75, 3.05) is 37.6 Å². The Labute approximate surface area is 108 Å². The lowest BCUT2D eigenvalue weighted by Crippen LogP contribution is -2.46. The van der Waals surface area contributed by atoms with E-state index in [0.29, 0.717) is 6.54 Å². The highest BCUT2D eigenvalue weighted by atomic mass is 35.5. The molecule has 0 radical (unpaired) electrons. The van der Waals surface area contributed by atoms with Gasteiger partial charge in [0.2, 0.25) is 0 Å². The lowest BCUT2D eigenvalue weighted by Gasteiger charge is -2.35. The van der Waals surface area contributed by atoms with Gasteiger partial charge in [-0.05, 0) is 24.2 Å². The quantitative estimate of drug-likeness (QED) is 0.894. The van der Waals surface area contributed by atoms with Crippen LogP contribution in [-0.2, 0) is 6.54 Å². The largest absolute Gasteiger partial charge is 0.369 e. The molecular formula is C13H20ClN3. The van der Waals surface area contributed by atoms with Crippen LogP contribution in [0.5, 0.6) is 0 Å². The number of halogens is 1. The van der Waals surface area contributed by atoms with Gasteiger partial charge in [-0.25, -0.2) is 0 Å². The molecule has 1 saturated heterocycles. The second kappa shape index (κ2) is 5.71. The number of benzene rings is 1. The molecule has 1 aromatic rings. The normalized spacial score (nSPS) is 17.5. The molecule has 0 aromatic heterocycles. The van der Waals surface area contributed by atoms with Crippen LogP contribution in [0, 0.1) is 0 Å². The molecule has 2 N–H and O–H groups in total. The second-order valence-corrected chi connectivity index (χ2v) is 4.81. The number of anilines is 1. The van der Waals surface area contributed by atoms with Gasteiger partial charge in [0.05, 0.1) is 0 Å². The molecule has 2 rings (SSSR count). The van der Waals surface area contributed by atoms with Gasteiger partial charge in [-0.1, -0.05) is 24.6 Å². The number of nitrogens with two attached hydrogens (primary N) is 1. The van der Waals surface area contributed by atoms with E-state index >= 15 is 0 Å². The lowest BCUT2D eigenvalue weighted by molar-refractivity contribution is 0.271. The minimum atomic E-state index is 0.503. The summed E-state index contributed by atoms with van der Waals surface area (Å²) in [5, 5.41) is 0.780. The summed E-state index contributed by atoms with van der Waals surface area (Å²) in [6.07, 6.45) is 0. The molecule has 1 fully saturated rings. The third-order valence-electron chi connectivity index (χ3n) is 3.44. The van der Waals surface area contributed by atoms with Crippen molar-refractivity contribution < 1.29 is 0 Å². The van der Waals surface area contributed by atoms with Gasteiger partial charge < -0.3 is 15.5 Å². The summed E-state index contributed by atoms with van der Waals surface area (Å²) in [6, 6.07) is 6.19. The van der Waals surface area contributed by atoms with Crippen LogP contribution in [0.15, 0.2) is 18.2 Å². The molecule has 0 atom stereocenters. The molecule has 0 amide bonds. The third-order valence-corrected chi connectivity index (χ3v) is 3.79. The predicted molar refractivity (Wildman–Crippen MR) is 73.7 cm³/mol. The van der Waals surface area contributed by atoms with Crippen molar-refractivity contribution in [3.63, 3.8) is 0 Å². The standard InChI is InChI=1S/C13H20ClN3/c1-2-16-5-7-17(8-6-16)12-4-3-11(10-15)13(14)9-12/h3-4,9H,2,5-8,10,15H2,1H3. The van der Waals surface area contributed by atoms with Gasteiger partial charge in [-0.3, -0.25) is 0 Å². The van der Waals surface area contributed by atoms with Crippen molar-refractivity contribution in [1.82, 2.24) is 4.90 Å². The number of hydrogen-bond donors (Lipinski definition) is 1. The van der Waals surface area contributed by atoms with Crippen LogP contribution in [0.25, 0.3) is 0 Å². The fraction of sp³-hybridized carbons (Fsp3) is 0.538. The molecule has 0 aliphatic carbocycles. The maximum atomic E-state index is 6.19. The van der Waals surface area contributed by atoms with E-state index in [4.69, 9.17) is 17.3 Å². The fourth-order valence-electron chi connectivity index (χ4n) is 2.22. The van der Waals surface area contributed by atoms with Gasteiger partial charge in [0.15, 0.2) is 0 Å². The first-order chi connectivity index (χ1) is 8.24. The number of hydrogen-bond acceptors (Lipinski definition) is 3. The molecular weight excluding hydrogens is 234 g/mol. The average molecular weight is 254 g/mol. The molecule has 3 nitrogen and oxygen atoms in total.